The lowest BCUT2D eigenvalue weighted by atomic mass is 10.1. The molecule has 0 aliphatic heterocycles. The van der Waals surface area contributed by atoms with Crippen LogP contribution in [-0.4, -0.2) is 98.5 Å². The Morgan fingerprint density at radius 1 is 0.621 bits per heavy atom. The van der Waals surface area contributed by atoms with Gasteiger partial charge in [-0.3, -0.25) is 9.59 Å². The summed E-state index contributed by atoms with van der Waals surface area (Å²) in [4.78, 5) is 42.7. The number of nitrogens with two attached hydrogens (primary N) is 2. The Hall–Kier alpha value is -4.18. The van der Waals surface area contributed by atoms with Crippen molar-refractivity contribution < 1.29 is 69.2 Å². The largest absolute Gasteiger partial charge is 0.545 e. The summed E-state index contributed by atoms with van der Waals surface area (Å²) in [5.74, 6) is -1.53. The highest BCUT2D eigenvalue weighted by atomic mass is 16.5. The number of carboxylic acid groups (broad SMARTS) is 2. The van der Waals surface area contributed by atoms with Gasteiger partial charge in [-0.05, 0) is 74.2 Å². The van der Waals surface area contributed by atoms with Gasteiger partial charge in [0.2, 0.25) is 0 Å². The van der Waals surface area contributed by atoms with Gasteiger partial charge in [0, 0.05) is 48.3 Å². The van der Waals surface area contributed by atoms with Gasteiger partial charge in [-0.25, -0.2) is 0 Å². The number of unbranched alkanes of at least 4 members (excludes halogenated alkanes) is 2. The molecule has 2 unspecified atom stereocenters. The zero-order chi connectivity index (χ0) is 43.6. The molecule has 6 N–H and O–H groups in total. The van der Waals surface area contributed by atoms with Crippen LogP contribution in [0.2, 0.25) is 0 Å². The van der Waals surface area contributed by atoms with E-state index in [2.05, 4.69) is 38.3 Å². The minimum absolute atomic E-state index is 0.105. The summed E-state index contributed by atoms with van der Waals surface area (Å²) in [6.07, 6.45) is 7.19. The van der Waals surface area contributed by atoms with E-state index in [9.17, 15) is 39.6 Å². The van der Waals surface area contributed by atoms with E-state index in [4.69, 9.17) is 18.9 Å². The number of hydrogen-bond acceptors (Lipinski definition) is 12. The number of hydrogen-bond donors (Lipinski definition) is 4. The lowest BCUT2D eigenvalue weighted by Crippen LogP contribution is -2.86. The number of carbonyl (C=O) groups is 4. The molecular formula is C44H70N2O12. The third-order valence-corrected chi connectivity index (χ3v) is 8.24. The zero-order valence-corrected chi connectivity index (χ0v) is 35.6. The molecule has 0 saturated carbocycles. The summed E-state index contributed by atoms with van der Waals surface area (Å²) in [6.45, 7) is 18.1. The normalized spacial score (nSPS) is 11.8. The molecule has 0 bridgehead atoms. The number of aliphatic hydroxyl groups excluding tert-OH is 2. The second-order valence-corrected chi connectivity index (χ2v) is 13.5. The lowest BCUT2D eigenvalue weighted by Gasteiger charge is -2.15. The first-order valence-corrected chi connectivity index (χ1v) is 20.7. The van der Waals surface area contributed by atoms with E-state index in [-0.39, 0.29) is 24.8 Å². The maximum atomic E-state index is 11.9. The summed E-state index contributed by atoms with van der Waals surface area (Å²) in [5.41, 5.74) is 3.07. The second kappa shape index (κ2) is 34.8. The number of quaternary nitrogens is 2. The number of aliphatic carboxylic acids is 2. The van der Waals surface area contributed by atoms with E-state index in [1.165, 1.54) is 0 Å². The van der Waals surface area contributed by atoms with Crippen LogP contribution in [0.1, 0.15) is 125 Å². The molecule has 2 aromatic rings. The Morgan fingerprint density at radius 2 is 1.00 bits per heavy atom. The van der Waals surface area contributed by atoms with Crippen LogP contribution >= 0.6 is 0 Å². The van der Waals surface area contributed by atoms with Gasteiger partial charge in [0.05, 0.1) is 38.2 Å². The van der Waals surface area contributed by atoms with E-state index in [1.807, 2.05) is 26.0 Å². The molecule has 0 heterocycles. The molecule has 2 atom stereocenters. The van der Waals surface area contributed by atoms with E-state index >= 15 is 0 Å². The number of benzene rings is 2. The molecule has 0 amide bonds. The predicted octanol–water partition coefficient (Wildman–Crippen LogP) is 1.66. The van der Waals surface area contributed by atoms with Crippen molar-refractivity contribution in [1.29, 1.82) is 0 Å². The Kier molecular flexibility index (Phi) is 32.3. The number of rotatable bonds is 30. The van der Waals surface area contributed by atoms with Gasteiger partial charge in [0.15, 0.2) is 11.6 Å². The first kappa shape index (κ1) is 53.8. The molecule has 0 aliphatic rings. The molecular weight excluding hydrogens is 748 g/mol. The number of carboxylic acids is 2. The van der Waals surface area contributed by atoms with E-state index in [1.54, 1.807) is 24.3 Å². The van der Waals surface area contributed by atoms with Crippen LogP contribution in [0.4, 0.5) is 0 Å². The molecule has 2 aromatic carbocycles. The van der Waals surface area contributed by atoms with Gasteiger partial charge in [0.25, 0.3) is 0 Å². The molecule has 0 aliphatic carbocycles. The molecule has 14 heteroatoms. The Bertz CT molecular complexity index is 1360. The first-order valence-electron chi connectivity index (χ1n) is 20.7. The highest BCUT2D eigenvalue weighted by molar-refractivity contribution is 5.96. The first-order chi connectivity index (χ1) is 27.9. The minimum Gasteiger partial charge on any atom is -0.545 e. The summed E-state index contributed by atoms with van der Waals surface area (Å²) >= 11 is 0. The molecule has 2 rings (SSSR count). The van der Waals surface area contributed by atoms with Gasteiger partial charge < -0.3 is 59.6 Å². The van der Waals surface area contributed by atoms with Crippen molar-refractivity contribution in [2.45, 2.75) is 118 Å². The Balaban J connectivity index is 0.000000943. The maximum absolute atomic E-state index is 11.9. The van der Waals surface area contributed by atoms with Crippen LogP contribution in [0, 0.1) is 0 Å². The number of aliphatic hydroxyl groups is 2. The quantitative estimate of drug-likeness (QED) is 0.0502. The van der Waals surface area contributed by atoms with Crippen LogP contribution in [0.3, 0.4) is 0 Å². The standard InChI is InChI=1S/2C20H33NO4.C4H4O4/c2*1-4-7-10-21-13-18(22)15-25-20-9-8-16(19(23)6-3)12-17(20)14-24-11-5-2;5-3(6)1-2-4(7)8/h2*8-9,12,18,21-22H,4-7,10-11,13-15H2,1-3H3;1-2H,(H,5,6)(H,7,8)/b;;2-1+. The van der Waals surface area contributed by atoms with Crippen LogP contribution in [0.15, 0.2) is 48.6 Å². The fourth-order valence-corrected chi connectivity index (χ4v) is 5.04. The summed E-state index contributed by atoms with van der Waals surface area (Å²) in [7, 11) is 0. The van der Waals surface area contributed by atoms with Crippen molar-refractivity contribution in [2.24, 2.45) is 0 Å². The average molecular weight is 819 g/mol. The summed E-state index contributed by atoms with van der Waals surface area (Å²) in [5, 5.41) is 43.2. The van der Waals surface area contributed by atoms with Crippen molar-refractivity contribution in [3.05, 3.63) is 70.8 Å². The van der Waals surface area contributed by atoms with Crippen LogP contribution in [0.5, 0.6) is 11.5 Å². The maximum Gasteiger partial charge on any atom is 0.162 e. The number of ether oxygens (including phenoxy) is 4. The van der Waals surface area contributed by atoms with Gasteiger partial charge >= 0.3 is 0 Å². The highest BCUT2D eigenvalue weighted by Gasteiger charge is 2.14. The molecule has 0 aromatic heterocycles. The van der Waals surface area contributed by atoms with E-state index in [0.29, 0.717) is 87.1 Å². The average Bonchev–Trinajstić information content (AvgIpc) is 3.22. The van der Waals surface area contributed by atoms with Crippen LogP contribution < -0.4 is 30.3 Å². The molecule has 0 radical (unpaired) electrons. The third kappa shape index (κ3) is 26.7. The summed E-state index contributed by atoms with van der Waals surface area (Å²) in [6, 6.07) is 10.9. The zero-order valence-electron chi connectivity index (χ0n) is 35.6. The third-order valence-electron chi connectivity index (χ3n) is 8.24. The Labute approximate surface area is 345 Å². The SMILES string of the molecule is CCCC[NH2+]CC(O)COc1ccc(C(=O)CC)cc1COCCC.CCCC[NH2+]CC(O)COc1ccc(C(=O)CC)cc1COCCC.O=C([O-])/C=C/C(=O)[O-]. The topological polar surface area (TPSA) is 225 Å². The van der Waals surface area contributed by atoms with Crippen molar-refractivity contribution in [1.82, 2.24) is 0 Å². The highest BCUT2D eigenvalue weighted by Crippen LogP contribution is 2.24. The minimum atomic E-state index is -1.55. The molecule has 58 heavy (non-hydrogen) atoms. The van der Waals surface area contributed by atoms with Gasteiger partial charge in [-0.2, -0.15) is 0 Å². The van der Waals surface area contributed by atoms with Crippen molar-refractivity contribution in [3.8, 4) is 11.5 Å². The fraction of sp³-hybridized carbons (Fsp3) is 0.591. The van der Waals surface area contributed by atoms with Crippen molar-refractivity contribution >= 4 is 23.5 Å². The molecule has 328 valence electrons. The Morgan fingerprint density at radius 3 is 1.31 bits per heavy atom. The predicted molar refractivity (Wildman–Crippen MR) is 217 cm³/mol. The van der Waals surface area contributed by atoms with Crippen LogP contribution in [-0.2, 0) is 32.3 Å². The molecule has 0 saturated heterocycles. The molecule has 14 nitrogen and oxygen atoms in total. The summed E-state index contributed by atoms with van der Waals surface area (Å²) < 4.78 is 22.8. The van der Waals surface area contributed by atoms with Crippen molar-refractivity contribution in [2.75, 3.05) is 52.6 Å². The van der Waals surface area contributed by atoms with Crippen LogP contribution in [0.25, 0.3) is 0 Å². The fourth-order valence-electron chi connectivity index (χ4n) is 5.04. The van der Waals surface area contributed by atoms with E-state index < -0.39 is 24.1 Å². The molecule has 0 spiro atoms. The molecule has 0 fully saturated rings. The van der Waals surface area contributed by atoms with Gasteiger partial charge in [-0.15, -0.1) is 0 Å². The van der Waals surface area contributed by atoms with Crippen molar-refractivity contribution in [3.63, 3.8) is 0 Å². The second-order valence-electron chi connectivity index (χ2n) is 13.5. The van der Waals surface area contributed by atoms with E-state index in [0.717, 1.165) is 62.7 Å². The van der Waals surface area contributed by atoms with Gasteiger partial charge in [0.1, 0.15) is 50.0 Å². The number of ketones is 2. The number of carbonyl (C=O) groups excluding carboxylic acids is 4. The monoisotopic (exact) mass is 818 g/mol. The smallest absolute Gasteiger partial charge is 0.162 e. The number of Topliss-reactive ketones (excluding diaryl/α,β-unsaturated/α-hetero) is 2. The lowest BCUT2D eigenvalue weighted by molar-refractivity contribution is -0.661. The van der Waals surface area contributed by atoms with Gasteiger partial charge in [-0.1, -0.05) is 54.4 Å².